The van der Waals surface area contributed by atoms with E-state index >= 15 is 0 Å². The number of pyridine rings is 1. The second-order valence-electron chi connectivity index (χ2n) is 9.88. The van der Waals surface area contributed by atoms with Crippen LogP contribution in [-0.2, 0) is 29.5 Å². The van der Waals surface area contributed by atoms with Crippen molar-refractivity contribution in [3.8, 4) is 0 Å². The van der Waals surface area contributed by atoms with Crippen LogP contribution < -0.4 is 0 Å². The monoisotopic (exact) mass is 365 g/mol. The van der Waals surface area contributed by atoms with Gasteiger partial charge in [0, 0.05) is 24.7 Å². The quantitative estimate of drug-likeness (QED) is 0.593. The van der Waals surface area contributed by atoms with Crippen LogP contribution in [-0.4, -0.2) is 10.8 Å². The van der Waals surface area contributed by atoms with E-state index in [9.17, 15) is 4.79 Å². The number of carbonyl (C=O) groups excluding carboxylic acids is 1. The van der Waals surface area contributed by atoms with Crippen LogP contribution in [0.15, 0.2) is 42.6 Å². The van der Waals surface area contributed by atoms with Crippen molar-refractivity contribution in [2.45, 2.75) is 79.1 Å². The van der Waals surface area contributed by atoms with Crippen molar-refractivity contribution in [2.24, 2.45) is 5.41 Å². The number of ketones is 1. The Labute approximate surface area is 165 Å². The van der Waals surface area contributed by atoms with E-state index in [4.69, 9.17) is 0 Å². The van der Waals surface area contributed by atoms with E-state index in [1.54, 1.807) is 0 Å². The van der Waals surface area contributed by atoms with Crippen LogP contribution in [0.3, 0.4) is 0 Å². The highest BCUT2D eigenvalue weighted by molar-refractivity contribution is 5.81. The predicted molar refractivity (Wildman–Crippen MR) is 114 cm³/mol. The number of aryl methyl sites for hydroxylation is 2. The maximum absolute atomic E-state index is 12.3. The fraction of sp³-hybridized carbons (Fsp3) is 0.520. The van der Waals surface area contributed by atoms with E-state index in [1.165, 1.54) is 11.1 Å². The van der Waals surface area contributed by atoms with Gasteiger partial charge < -0.3 is 0 Å². The highest BCUT2D eigenvalue weighted by Crippen LogP contribution is 2.23. The molecule has 1 aromatic carbocycles. The van der Waals surface area contributed by atoms with Gasteiger partial charge in [-0.15, -0.1) is 0 Å². The molecule has 0 atom stereocenters. The SMILES string of the molecule is CC(C)(C)CCc1ccc(CCC(=O)Cc2ccc(C(C)(C)C)cc2)nc1. The lowest BCUT2D eigenvalue weighted by Gasteiger charge is -2.19. The molecule has 146 valence electrons. The maximum atomic E-state index is 12.3. The van der Waals surface area contributed by atoms with E-state index in [2.05, 4.69) is 82.9 Å². The summed E-state index contributed by atoms with van der Waals surface area (Å²) in [5.41, 5.74) is 5.17. The summed E-state index contributed by atoms with van der Waals surface area (Å²) in [7, 11) is 0. The molecule has 2 heteroatoms. The molecule has 1 aromatic heterocycles. The lowest BCUT2D eigenvalue weighted by Crippen LogP contribution is -2.11. The minimum Gasteiger partial charge on any atom is -0.299 e. The van der Waals surface area contributed by atoms with Crippen molar-refractivity contribution in [2.75, 3.05) is 0 Å². The van der Waals surface area contributed by atoms with Crippen LogP contribution in [0.5, 0.6) is 0 Å². The number of aromatic nitrogens is 1. The van der Waals surface area contributed by atoms with Gasteiger partial charge in [-0.3, -0.25) is 9.78 Å². The zero-order chi connectivity index (χ0) is 20.1. The van der Waals surface area contributed by atoms with Crippen molar-refractivity contribution in [1.82, 2.24) is 4.98 Å². The van der Waals surface area contributed by atoms with Crippen LogP contribution in [0.4, 0.5) is 0 Å². The van der Waals surface area contributed by atoms with Crippen LogP contribution in [0, 0.1) is 5.41 Å². The van der Waals surface area contributed by atoms with Gasteiger partial charge >= 0.3 is 0 Å². The highest BCUT2D eigenvalue weighted by Gasteiger charge is 2.14. The summed E-state index contributed by atoms with van der Waals surface area (Å²) in [5, 5.41) is 0. The summed E-state index contributed by atoms with van der Waals surface area (Å²) < 4.78 is 0. The molecule has 0 saturated carbocycles. The van der Waals surface area contributed by atoms with Crippen LogP contribution in [0.25, 0.3) is 0 Å². The number of rotatable bonds is 7. The van der Waals surface area contributed by atoms with Gasteiger partial charge in [-0.25, -0.2) is 0 Å². The molecule has 0 N–H and O–H groups in total. The van der Waals surface area contributed by atoms with Gasteiger partial charge in [0.2, 0.25) is 0 Å². The van der Waals surface area contributed by atoms with Gasteiger partial charge in [0.15, 0.2) is 0 Å². The molecule has 0 radical (unpaired) electrons. The molecule has 0 fully saturated rings. The Kier molecular flexibility index (Phi) is 6.97. The molecule has 2 nitrogen and oxygen atoms in total. The third-order valence-electron chi connectivity index (χ3n) is 4.93. The van der Waals surface area contributed by atoms with Crippen LogP contribution in [0.2, 0.25) is 0 Å². The molecule has 2 aromatic rings. The normalized spacial score (nSPS) is 12.2. The lowest BCUT2D eigenvalue weighted by atomic mass is 9.86. The molecule has 27 heavy (non-hydrogen) atoms. The lowest BCUT2D eigenvalue weighted by molar-refractivity contribution is -0.118. The molecule has 0 aliphatic rings. The first-order valence-electron chi connectivity index (χ1n) is 10.1. The van der Waals surface area contributed by atoms with Gasteiger partial charge in [-0.1, -0.05) is 71.9 Å². The fourth-order valence-electron chi connectivity index (χ4n) is 2.98. The van der Waals surface area contributed by atoms with Crippen molar-refractivity contribution >= 4 is 5.78 Å². The summed E-state index contributed by atoms with van der Waals surface area (Å²) >= 11 is 0. The van der Waals surface area contributed by atoms with Crippen molar-refractivity contribution in [3.05, 3.63) is 65.0 Å². The Balaban J connectivity index is 1.81. The molecule has 0 bridgehead atoms. The second kappa shape index (κ2) is 8.82. The molecule has 0 aliphatic carbocycles. The highest BCUT2D eigenvalue weighted by atomic mass is 16.1. The van der Waals surface area contributed by atoms with E-state index < -0.39 is 0 Å². The Morgan fingerprint density at radius 3 is 2.00 bits per heavy atom. The Bertz CT molecular complexity index is 728. The van der Waals surface area contributed by atoms with Gasteiger partial charge in [-0.2, -0.15) is 0 Å². The summed E-state index contributed by atoms with van der Waals surface area (Å²) in [4.78, 5) is 16.9. The number of benzene rings is 1. The fourth-order valence-corrected chi connectivity index (χ4v) is 2.98. The third kappa shape index (κ3) is 7.66. The first-order valence-corrected chi connectivity index (χ1v) is 10.1. The zero-order valence-corrected chi connectivity index (χ0v) is 17.9. The maximum Gasteiger partial charge on any atom is 0.137 e. The number of Topliss-reactive ketones (excluding diaryl/α,β-unsaturated/α-hetero) is 1. The largest absolute Gasteiger partial charge is 0.299 e. The first kappa shape index (κ1) is 21.3. The average Bonchev–Trinajstić information content (AvgIpc) is 2.58. The van der Waals surface area contributed by atoms with E-state index in [0.29, 0.717) is 18.3 Å². The summed E-state index contributed by atoms with van der Waals surface area (Å²) in [5.74, 6) is 0.275. The molecule has 0 amide bonds. The van der Waals surface area contributed by atoms with Crippen LogP contribution >= 0.6 is 0 Å². The molecule has 0 unspecified atom stereocenters. The minimum atomic E-state index is 0.146. The molecular formula is C25H35NO. The van der Waals surface area contributed by atoms with E-state index in [0.717, 1.165) is 30.5 Å². The third-order valence-corrected chi connectivity index (χ3v) is 4.93. The molecule has 1 heterocycles. The summed E-state index contributed by atoms with van der Waals surface area (Å²) in [6, 6.07) is 12.7. The van der Waals surface area contributed by atoms with Crippen LogP contribution in [0.1, 0.15) is 76.8 Å². The zero-order valence-electron chi connectivity index (χ0n) is 17.9. The average molecular weight is 366 g/mol. The molecular weight excluding hydrogens is 330 g/mol. The van der Waals surface area contributed by atoms with Gasteiger partial charge in [0.25, 0.3) is 0 Å². The van der Waals surface area contributed by atoms with Gasteiger partial charge in [0.1, 0.15) is 5.78 Å². The molecule has 0 saturated heterocycles. The van der Waals surface area contributed by atoms with Gasteiger partial charge in [-0.05, 0) is 52.8 Å². The minimum absolute atomic E-state index is 0.146. The molecule has 0 spiro atoms. The number of hydrogen-bond donors (Lipinski definition) is 0. The number of carbonyl (C=O) groups is 1. The molecule has 0 aliphatic heterocycles. The molecule has 2 rings (SSSR count). The van der Waals surface area contributed by atoms with Crippen molar-refractivity contribution in [3.63, 3.8) is 0 Å². The Morgan fingerprint density at radius 1 is 0.852 bits per heavy atom. The van der Waals surface area contributed by atoms with E-state index in [1.807, 2.05) is 6.20 Å². The smallest absolute Gasteiger partial charge is 0.137 e. The number of hydrogen-bond acceptors (Lipinski definition) is 2. The summed E-state index contributed by atoms with van der Waals surface area (Å²) in [6.45, 7) is 13.4. The Hall–Kier alpha value is -1.96. The van der Waals surface area contributed by atoms with Gasteiger partial charge in [0.05, 0.1) is 0 Å². The van der Waals surface area contributed by atoms with Crippen molar-refractivity contribution in [1.29, 1.82) is 0 Å². The number of nitrogens with zero attached hydrogens (tertiary/aromatic N) is 1. The predicted octanol–water partition coefficient (Wildman–Crippen LogP) is 6.10. The standard InChI is InChI=1S/C25H35NO/c1-24(2,3)16-15-20-9-12-22(26-18-20)13-14-23(27)17-19-7-10-21(11-8-19)25(4,5)6/h7-12,18H,13-17H2,1-6H3. The topological polar surface area (TPSA) is 30.0 Å². The summed E-state index contributed by atoms with van der Waals surface area (Å²) in [6.07, 6.45) is 5.96. The van der Waals surface area contributed by atoms with Crippen molar-refractivity contribution < 1.29 is 4.79 Å². The Morgan fingerprint density at radius 2 is 1.48 bits per heavy atom. The van der Waals surface area contributed by atoms with E-state index in [-0.39, 0.29) is 11.2 Å². The second-order valence-corrected chi connectivity index (χ2v) is 9.88. The first-order chi connectivity index (χ1) is 12.5.